The first kappa shape index (κ1) is 11.5. The summed E-state index contributed by atoms with van der Waals surface area (Å²) < 4.78 is 5.90. The SMILES string of the molecule is O=C(NC1CCOCC1)c1cccc(Br)n1. The molecule has 4 nitrogen and oxygen atoms in total. The van der Waals surface area contributed by atoms with Crippen LogP contribution >= 0.6 is 15.9 Å². The second-order valence-corrected chi connectivity index (χ2v) is 4.52. The lowest BCUT2D eigenvalue weighted by molar-refractivity contribution is 0.0694. The molecule has 0 unspecified atom stereocenters. The second-order valence-electron chi connectivity index (χ2n) is 3.71. The predicted octanol–water partition coefficient (Wildman–Crippen LogP) is 1.75. The minimum absolute atomic E-state index is 0.117. The molecule has 0 atom stereocenters. The Labute approximate surface area is 103 Å². The molecule has 0 aromatic carbocycles. The van der Waals surface area contributed by atoms with Crippen molar-refractivity contribution >= 4 is 21.8 Å². The molecule has 0 bridgehead atoms. The van der Waals surface area contributed by atoms with E-state index in [-0.39, 0.29) is 11.9 Å². The molecular formula is C11H13BrN2O2. The van der Waals surface area contributed by atoms with Gasteiger partial charge in [0.2, 0.25) is 0 Å². The zero-order valence-electron chi connectivity index (χ0n) is 8.78. The van der Waals surface area contributed by atoms with Crippen molar-refractivity contribution in [2.24, 2.45) is 0 Å². The molecule has 0 spiro atoms. The van der Waals surface area contributed by atoms with E-state index < -0.39 is 0 Å². The van der Waals surface area contributed by atoms with Gasteiger partial charge in [0.25, 0.3) is 5.91 Å². The lowest BCUT2D eigenvalue weighted by Crippen LogP contribution is -2.39. The summed E-state index contributed by atoms with van der Waals surface area (Å²) in [4.78, 5) is 15.9. The Balaban J connectivity index is 1.97. The Hall–Kier alpha value is -0.940. The molecule has 1 N–H and O–H groups in total. The number of pyridine rings is 1. The van der Waals surface area contributed by atoms with Crippen molar-refractivity contribution in [3.8, 4) is 0 Å². The number of ether oxygens (including phenoxy) is 1. The lowest BCUT2D eigenvalue weighted by atomic mass is 10.1. The second kappa shape index (κ2) is 5.41. The van der Waals surface area contributed by atoms with Crippen molar-refractivity contribution in [3.05, 3.63) is 28.5 Å². The maximum absolute atomic E-state index is 11.8. The number of hydrogen-bond acceptors (Lipinski definition) is 3. The average Bonchev–Trinajstić information content (AvgIpc) is 2.30. The first-order valence-electron chi connectivity index (χ1n) is 5.27. The van der Waals surface area contributed by atoms with Crippen LogP contribution in [0.15, 0.2) is 22.8 Å². The van der Waals surface area contributed by atoms with Crippen molar-refractivity contribution in [2.75, 3.05) is 13.2 Å². The number of carbonyl (C=O) groups excluding carboxylic acids is 1. The van der Waals surface area contributed by atoms with Crippen LogP contribution in [0.1, 0.15) is 23.3 Å². The van der Waals surface area contributed by atoms with E-state index in [1.54, 1.807) is 18.2 Å². The first-order chi connectivity index (χ1) is 7.75. The largest absolute Gasteiger partial charge is 0.381 e. The molecule has 0 radical (unpaired) electrons. The minimum atomic E-state index is -0.117. The molecule has 1 aromatic rings. The first-order valence-corrected chi connectivity index (χ1v) is 6.06. The van der Waals surface area contributed by atoms with Crippen LogP contribution in [0.4, 0.5) is 0 Å². The van der Waals surface area contributed by atoms with Crippen LogP contribution in [0.2, 0.25) is 0 Å². The molecular weight excluding hydrogens is 272 g/mol. The highest BCUT2D eigenvalue weighted by Gasteiger charge is 2.17. The third-order valence-electron chi connectivity index (χ3n) is 2.50. The van der Waals surface area contributed by atoms with Crippen LogP contribution in [0.25, 0.3) is 0 Å². The summed E-state index contributed by atoms with van der Waals surface area (Å²) in [5, 5.41) is 2.96. The van der Waals surface area contributed by atoms with Crippen LogP contribution in [-0.2, 0) is 4.74 Å². The number of amides is 1. The lowest BCUT2D eigenvalue weighted by Gasteiger charge is -2.22. The monoisotopic (exact) mass is 284 g/mol. The smallest absolute Gasteiger partial charge is 0.270 e. The summed E-state index contributed by atoms with van der Waals surface area (Å²) >= 11 is 3.24. The van der Waals surface area contributed by atoms with Crippen molar-refractivity contribution in [3.63, 3.8) is 0 Å². The molecule has 2 rings (SSSR count). The minimum Gasteiger partial charge on any atom is -0.381 e. The van der Waals surface area contributed by atoms with Gasteiger partial charge in [-0.05, 0) is 40.9 Å². The topological polar surface area (TPSA) is 51.2 Å². The molecule has 0 saturated carbocycles. The summed E-state index contributed by atoms with van der Waals surface area (Å²) in [5.41, 5.74) is 0.445. The van der Waals surface area contributed by atoms with E-state index in [9.17, 15) is 4.79 Å². The molecule has 1 amide bonds. The summed E-state index contributed by atoms with van der Waals surface area (Å²) in [6.07, 6.45) is 1.75. The van der Waals surface area contributed by atoms with Crippen LogP contribution in [0.5, 0.6) is 0 Å². The van der Waals surface area contributed by atoms with E-state index in [0.717, 1.165) is 26.1 Å². The molecule has 1 fully saturated rings. The fourth-order valence-electron chi connectivity index (χ4n) is 1.64. The van der Waals surface area contributed by atoms with E-state index in [1.807, 2.05) is 0 Å². The van der Waals surface area contributed by atoms with Gasteiger partial charge in [-0.2, -0.15) is 0 Å². The van der Waals surface area contributed by atoms with Gasteiger partial charge in [-0.15, -0.1) is 0 Å². The highest BCUT2D eigenvalue weighted by molar-refractivity contribution is 9.10. The van der Waals surface area contributed by atoms with Crippen molar-refractivity contribution in [1.82, 2.24) is 10.3 Å². The third kappa shape index (κ3) is 3.02. The number of nitrogens with one attached hydrogen (secondary N) is 1. The summed E-state index contributed by atoms with van der Waals surface area (Å²) in [7, 11) is 0. The molecule has 5 heteroatoms. The quantitative estimate of drug-likeness (QED) is 0.842. The third-order valence-corrected chi connectivity index (χ3v) is 2.95. The molecule has 1 aliphatic heterocycles. The Morgan fingerprint density at radius 1 is 1.44 bits per heavy atom. The number of rotatable bonds is 2. The summed E-state index contributed by atoms with van der Waals surface area (Å²) in [5.74, 6) is -0.117. The Kier molecular flexibility index (Phi) is 3.90. The maximum atomic E-state index is 11.8. The molecule has 1 aliphatic rings. The van der Waals surface area contributed by atoms with Gasteiger partial charge in [0.05, 0.1) is 0 Å². The van der Waals surface area contributed by atoms with E-state index in [2.05, 4.69) is 26.2 Å². The standard InChI is InChI=1S/C11H13BrN2O2/c12-10-3-1-2-9(14-10)11(15)13-8-4-6-16-7-5-8/h1-3,8H,4-7H2,(H,13,15). The van der Waals surface area contributed by atoms with Gasteiger partial charge in [-0.3, -0.25) is 4.79 Å². The number of aromatic nitrogens is 1. The molecule has 2 heterocycles. The van der Waals surface area contributed by atoms with Crippen LogP contribution in [-0.4, -0.2) is 30.1 Å². The van der Waals surface area contributed by atoms with E-state index >= 15 is 0 Å². The normalized spacial score (nSPS) is 17.1. The molecule has 16 heavy (non-hydrogen) atoms. The van der Waals surface area contributed by atoms with Crippen LogP contribution in [0.3, 0.4) is 0 Å². The van der Waals surface area contributed by atoms with Gasteiger partial charge < -0.3 is 10.1 Å². The highest BCUT2D eigenvalue weighted by atomic mass is 79.9. The fraction of sp³-hybridized carbons (Fsp3) is 0.455. The Morgan fingerprint density at radius 2 is 2.19 bits per heavy atom. The summed E-state index contributed by atoms with van der Waals surface area (Å²) in [6, 6.07) is 5.52. The zero-order chi connectivity index (χ0) is 11.4. The maximum Gasteiger partial charge on any atom is 0.270 e. The van der Waals surface area contributed by atoms with Gasteiger partial charge >= 0.3 is 0 Å². The molecule has 0 aliphatic carbocycles. The van der Waals surface area contributed by atoms with Gasteiger partial charge in [-0.25, -0.2) is 4.98 Å². The summed E-state index contributed by atoms with van der Waals surface area (Å²) in [6.45, 7) is 1.44. The fourth-order valence-corrected chi connectivity index (χ4v) is 1.98. The van der Waals surface area contributed by atoms with Crippen molar-refractivity contribution < 1.29 is 9.53 Å². The van der Waals surface area contributed by atoms with Crippen LogP contribution < -0.4 is 5.32 Å². The average molecular weight is 285 g/mol. The number of hydrogen-bond donors (Lipinski definition) is 1. The van der Waals surface area contributed by atoms with Gasteiger partial charge in [0.15, 0.2) is 0 Å². The Morgan fingerprint density at radius 3 is 2.88 bits per heavy atom. The van der Waals surface area contributed by atoms with Gasteiger partial charge in [-0.1, -0.05) is 6.07 Å². The molecule has 86 valence electrons. The number of halogens is 1. The Bertz CT molecular complexity index is 378. The molecule has 1 aromatic heterocycles. The van der Waals surface area contributed by atoms with E-state index in [1.165, 1.54) is 0 Å². The zero-order valence-corrected chi connectivity index (χ0v) is 10.4. The number of carbonyl (C=O) groups is 1. The highest BCUT2D eigenvalue weighted by Crippen LogP contribution is 2.09. The van der Waals surface area contributed by atoms with Crippen molar-refractivity contribution in [2.45, 2.75) is 18.9 Å². The van der Waals surface area contributed by atoms with Gasteiger partial charge in [0.1, 0.15) is 10.3 Å². The predicted molar refractivity (Wildman–Crippen MR) is 63.2 cm³/mol. The van der Waals surface area contributed by atoms with E-state index in [4.69, 9.17) is 4.74 Å². The molecule has 1 saturated heterocycles. The van der Waals surface area contributed by atoms with E-state index in [0.29, 0.717) is 10.3 Å². The van der Waals surface area contributed by atoms with Gasteiger partial charge in [0, 0.05) is 19.3 Å². The van der Waals surface area contributed by atoms with Crippen molar-refractivity contribution in [1.29, 1.82) is 0 Å². The number of nitrogens with zero attached hydrogens (tertiary/aromatic N) is 1. The van der Waals surface area contributed by atoms with Crippen LogP contribution in [0, 0.1) is 0 Å².